The average Bonchev–Trinajstić information content (AvgIpc) is 2.64. The molecular weight excluding hydrogens is 356 g/mol. The van der Waals surface area contributed by atoms with Gasteiger partial charge < -0.3 is 16.2 Å². The Morgan fingerprint density at radius 3 is 1.61 bits per heavy atom. The third kappa shape index (κ3) is 18.9. The van der Waals surface area contributed by atoms with Crippen LogP contribution in [0.25, 0.3) is 0 Å². The van der Waals surface area contributed by atoms with Crippen molar-refractivity contribution in [3.8, 4) is 0 Å². The van der Waals surface area contributed by atoms with E-state index in [0.717, 1.165) is 38.5 Å². The van der Waals surface area contributed by atoms with Crippen molar-refractivity contribution in [2.75, 3.05) is 0 Å². The van der Waals surface area contributed by atoms with Crippen LogP contribution in [0.2, 0.25) is 0 Å². The highest BCUT2D eigenvalue weighted by Gasteiger charge is 2.09. The molecule has 28 heavy (non-hydrogen) atoms. The van der Waals surface area contributed by atoms with E-state index in [4.69, 9.17) is 10.8 Å². The monoisotopic (exact) mass is 396 g/mol. The van der Waals surface area contributed by atoms with Crippen molar-refractivity contribution < 1.29 is 19.5 Å². The van der Waals surface area contributed by atoms with E-state index in [1.54, 1.807) is 6.08 Å². The Morgan fingerprint density at radius 2 is 1.21 bits per heavy atom. The Balaban J connectivity index is 3.38. The summed E-state index contributed by atoms with van der Waals surface area (Å²) in [5.74, 6) is -1.05. The first-order chi connectivity index (χ1) is 13.5. The van der Waals surface area contributed by atoms with E-state index < -0.39 is 5.97 Å². The minimum Gasteiger partial charge on any atom is -0.481 e. The van der Waals surface area contributed by atoms with Crippen molar-refractivity contribution >= 4 is 17.8 Å². The number of carbonyl (C=O) groups is 3. The maximum atomic E-state index is 11.9. The molecule has 4 N–H and O–H groups in total. The maximum Gasteiger partial charge on any atom is 0.303 e. The fourth-order valence-corrected chi connectivity index (χ4v) is 3.16. The van der Waals surface area contributed by atoms with Gasteiger partial charge in [-0.1, -0.05) is 70.3 Å². The molecule has 0 rings (SSSR count). The number of hydrogen-bond donors (Lipinski definition) is 3. The topological polar surface area (TPSA) is 109 Å². The molecule has 6 heteroatoms. The molecule has 2 amide bonds. The number of carboxylic acids is 1. The molecule has 0 fully saturated rings. The highest BCUT2D eigenvalue weighted by Crippen LogP contribution is 2.13. The summed E-state index contributed by atoms with van der Waals surface area (Å²) in [7, 11) is 0. The predicted octanol–water partition coefficient (Wildman–Crippen LogP) is 4.47. The molecule has 1 atom stereocenters. The Hall–Kier alpha value is -1.85. The van der Waals surface area contributed by atoms with Gasteiger partial charge in [-0.3, -0.25) is 14.4 Å². The highest BCUT2D eigenvalue weighted by molar-refractivity contribution is 5.77. The number of primary amides is 1. The van der Waals surface area contributed by atoms with Gasteiger partial charge in [0.15, 0.2) is 0 Å². The molecular formula is C22H40N2O4. The second-order valence-electron chi connectivity index (χ2n) is 7.55. The van der Waals surface area contributed by atoms with Crippen molar-refractivity contribution in [1.29, 1.82) is 0 Å². The van der Waals surface area contributed by atoms with Gasteiger partial charge in [0, 0.05) is 25.3 Å². The number of nitrogens with two attached hydrogens (primary N) is 1. The standard InChI is InChI=1S/C22H40N2O4/c1-2-19(17-18-20(23)25)24-21(26)15-13-11-9-7-5-3-4-6-8-10-12-14-16-22(27)28/h2,19H,1,3-18H2,(H2,23,25)(H,24,26)(H,27,28)/t19-/m0/s1. The van der Waals surface area contributed by atoms with Crippen molar-refractivity contribution in [3.05, 3.63) is 12.7 Å². The molecule has 0 bridgehead atoms. The quantitative estimate of drug-likeness (QED) is 0.208. The van der Waals surface area contributed by atoms with Crippen LogP contribution in [-0.4, -0.2) is 28.9 Å². The second kappa shape index (κ2) is 18.5. The van der Waals surface area contributed by atoms with E-state index >= 15 is 0 Å². The van der Waals surface area contributed by atoms with Crippen LogP contribution < -0.4 is 11.1 Å². The van der Waals surface area contributed by atoms with E-state index in [1.807, 2.05) is 0 Å². The van der Waals surface area contributed by atoms with Crippen LogP contribution in [-0.2, 0) is 14.4 Å². The zero-order valence-corrected chi connectivity index (χ0v) is 17.4. The van der Waals surface area contributed by atoms with Crippen LogP contribution in [0.4, 0.5) is 0 Å². The summed E-state index contributed by atoms with van der Waals surface area (Å²) >= 11 is 0. The molecule has 0 saturated heterocycles. The van der Waals surface area contributed by atoms with Crippen molar-refractivity contribution in [2.45, 2.75) is 109 Å². The van der Waals surface area contributed by atoms with Crippen molar-refractivity contribution in [1.82, 2.24) is 5.32 Å². The smallest absolute Gasteiger partial charge is 0.303 e. The zero-order chi connectivity index (χ0) is 21.0. The van der Waals surface area contributed by atoms with Crippen LogP contribution in [0.1, 0.15) is 103 Å². The van der Waals surface area contributed by atoms with Crippen molar-refractivity contribution in [2.24, 2.45) is 5.73 Å². The molecule has 0 heterocycles. The number of aliphatic carboxylic acids is 1. The summed E-state index contributed by atoms with van der Waals surface area (Å²) in [6, 6.07) is -0.183. The molecule has 0 spiro atoms. The number of carbonyl (C=O) groups excluding carboxylic acids is 2. The largest absolute Gasteiger partial charge is 0.481 e. The van der Waals surface area contributed by atoms with Gasteiger partial charge >= 0.3 is 5.97 Å². The SMILES string of the molecule is C=C[C@@H](CCC(N)=O)NC(=O)CCCCCCCCCCCCCCC(=O)O. The van der Waals surface area contributed by atoms with Crippen LogP contribution >= 0.6 is 0 Å². The van der Waals surface area contributed by atoms with Gasteiger partial charge in [-0.15, -0.1) is 6.58 Å². The van der Waals surface area contributed by atoms with Crippen LogP contribution in [0.5, 0.6) is 0 Å². The molecule has 0 radical (unpaired) electrons. The first-order valence-electron chi connectivity index (χ1n) is 10.9. The summed E-state index contributed by atoms with van der Waals surface area (Å²) in [5.41, 5.74) is 5.12. The normalized spacial score (nSPS) is 11.7. The fourth-order valence-electron chi connectivity index (χ4n) is 3.16. The van der Waals surface area contributed by atoms with Gasteiger partial charge in [-0.2, -0.15) is 0 Å². The maximum absolute atomic E-state index is 11.9. The van der Waals surface area contributed by atoms with Gasteiger partial charge in [-0.25, -0.2) is 0 Å². The van der Waals surface area contributed by atoms with E-state index in [9.17, 15) is 14.4 Å². The summed E-state index contributed by atoms with van der Waals surface area (Å²) in [6.07, 6.45) is 16.7. The molecule has 0 aromatic carbocycles. The van der Waals surface area contributed by atoms with Gasteiger partial charge in [0.25, 0.3) is 0 Å². The lowest BCUT2D eigenvalue weighted by Gasteiger charge is -2.13. The minimum atomic E-state index is -0.693. The molecule has 162 valence electrons. The summed E-state index contributed by atoms with van der Waals surface area (Å²) in [5, 5.41) is 11.4. The number of amides is 2. The lowest BCUT2D eigenvalue weighted by atomic mass is 10.0. The Morgan fingerprint density at radius 1 is 0.786 bits per heavy atom. The molecule has 0 unspecified atom stereocenters. The van der Waals surface area contributed by atoms with Gasteiger partial charge in [0.05, 0.1) is 0 Å². The lowest BCUT2D eigenvalue weighted by molar-refractivity contribution is -0.137. The summed E-state index contributed by atoms with van der Waals surface area (Å²) < 4.78 is 0. The number of hydrogen-bond acceptors (Lipinski definition) is 3. The van der Waals surface area contributed by atoms with Gasteiger partial charge in [0.1, 0.15) is 0 Å². The summed E-state index contributed by atoms with van der Waals surface area (Å²) in [6.45, 7) is 3.68. The number of carboxylic acid groups (broad SMARTS) is 1. The predicted molar refractivity (Wildman–Crippen MR) is 113 cm³/mol. The van der Waals surface area contributed by atoms with Crippen LogP contribution in [0.15, 0.2) is 12.7 Å². The minimum absolute atomic E-state index is 0.0118. The number of rotatable bonds is 20. The summed E-state index contributed by atoms with van der Waals surface area (Å²) in [4.78, 5) is 33.1. The Kier molecular flexibility index (Phi) is 17.3. The Labute approximate surface area is 170 Å². The molecule has 0 aliphatic heterocycles. The first-order valence-corrected chi connectivity index (χ1v) is 10.9. The molecule has 0 aromatic rings. The molecule has 0 saturated carbocycles. The van der Waals surface area contributed by atoms with E-state index in [0.29, 0.717) is 19.3 Å². The van der Waals surface area contributed by atoms with E-state index in [-0.39, 0.29) is 24.3 Å². The van der Waals surface area contributed by atoms with Crippen LogP contribution in [0.3, 0.4) is 0 Å². The van der Waals surface area contributed by atoms with Crippen molar-refractivity contribution in [3.63, 3.8) is 0 Å². The molecule has 0 aromatic heterocycles. The highest BCUT2D eigenvalue weighted by atomic mass is 16.4. The Bertz CT molecular complexity index is 452. The average molecular weight is 397 g/mol. The second-order valence-corrected chi connectivity index (χ2v) is 7.55. The molecule has 6 nitrogen and oxygen atoms in total. The first kappa shape index (κ1) is 26.1. The zero-order valence-electron chi connectivity index (χ0n) is 17.4. The number of nitrogens with one attached hydrogen (secondary N) is 1. The number of unbranched alkanes of at least 4 members (excludes halogenated alkanes) is 11. The van der Waals surface area contributed by atoms with Gasteiger partial charge in [0.2, 0.25) is 11.8 Å². The van der Waals surface area contributed by atoms with E-state index in [2.05, 4.69) is 11.9 Å². The van der Waals surface area contributed by atoms with Crippen LogP contribution in [0, 0.1) is 0 Å². The molecule has 0 aliphatic rings. The lowest BCUT2D eigenvalue weighted by Crippen LogP contribution is -2.34. The fraction of sp³-hybridized carbons (Fsp3) is 0.773. The van der Waals surface area contributed by atoms with Gasteiger partial charge in [-0.05, 0) is 19.3 Å². The molecule has 0 aliphatic carbocycles. The van der Waals surface area contributed by atoms with E-state index in [1.165, 1.54) is 38.5 Å². The third-order valence-corrected chi connectivity index (χ3v) is 4.88. The third-order valence-electron chi connectivity index (χ3n) is 4.88.